The summed E-state index contributed by atoms with van der Waals surface area (Å²) in [6.07, 6.45) is 0. The highest BCUT2D eigenvalue weighted by atomic mass is 32.1. The van der Waals surface area contributed by atoms with Crippen molar-refractivity contribution in [3.63, 3.8) is 0 Å². The third-order valence-electron chi connectivity index (χ3n) is 3.93. The lowest BCUT2D eigenvalue weighted by molar-refractivity contribution is -0.128. The summed E-state index contributed by atoms with van der Waals surface area (Å²) in [4.78, 5) is 19.6. The van der Waals surface area contributed by atoms with E-state index in [1.54, 1.807) is 11.3 Å². The van der Waals surface area contributed by atoms with Crippen molar-refractivity contribution in [2.24, 2.45) is 0 Å². The van der Waals surface area contributed by atoms with E-state index in [-0.39, 0.29) is 11.9 Å². The molecule has 6 heteroatoms. The van der Waals surface area contributed by atoms with Gasteiger partial charge in [-0.1, -0.05) is 0 Å². The predicted molar refractivity (Wildman–Crippen MR) is 82.2 cm³/mol. The Labute approximate surface area is 128 Å². The highest BCUT2D eigenvalue weighted by Crippen LogP contribution is 2.30. The van der Waals surface area contributed by atoms with E-state index in [2.05, 4.69) is 28.2 Å². The van der Waals surface area contributed by atoms with E-state index in [1.165, 1.54) is 5.56 Å². The summed E-state index contributed by atoms with van der Waals surface area (Å²) in [6, 6.07) is 1.94. The Balaban J connectivity index is 1.82. The predicted octanol–water partition coefficient (Wildman–Crippen LogP) is 2.34. The van der Waals surface area contributed by atoms with Crippen LogP contribution in [0, 0.1) is 13.8 Å². The third kappa shape index (κ3) is 2.73. The van der Waals surface area contributed by atoms with Crippen LogP contribution in [0.15, 0.2) is 15.9 Å². The molecule has 0 aliphatic carbocycles. The standard InChI is InChI=1S/C15H19N3O2S/c1-9-4-7-21-13(9)15-17-12(11(3)20-15)8-18-6-5-16-14(19)10(18)2/h4,7,10H,5-6,8H2,1-3H3,(H,16,19)/t10-/m1/s1. The van der Waals surface area contributed by atoms with Crippen LogP contribution in [0.3, 0.4) is 0 Å². The minimum atomic E-state index is -0.123. The van der Waals surface area contributed by atoms with Crippen molar-refractivity contribution >= 4 is 17.2 Å². The Hall–Kier alpha value is -1.66. The molecule has 0 saturated carbocycles. The first-order valence-corrected chi connectivity index (χ1v) is 7.96. The molecule has 0 aromatic carbocycles. The molecule has 1 aliphatic rings. The lowest BCUT2D eigenvalue weighted by Crippen LogP contribution is -2.53. The van der Waals surface area contributed by atoms with Crippen molar-refractivity contribution in [2.75, 3.05) is 13.1 Å². The average Bonchev–Trinajstić information content (AvgIpc) is 3.02. The van der Waals surface area contributed by atoms with E-state index < -0.39 is 0 Å². The van der Waals surface area contributed by atoms with Gasteiger partial charge in [0.1, 0.15) is 5.76 Å². The molecule has 0 unspecified atom stereocenters. The molecule has 0 bridgehead atoms. The average molecular weight is 305 g/mol. The van der Waals surface area contributed by atoms with E-state index in [4.69, 9.17) is 4.42 Å². The normalized spacial score (nSPS) is 19.8. The molecule has 21 heavy (non-hydrogen) atoms. The van der Waals surface area contributed by atoms with Crippen LogP contribution in [0.1, 0.15) is 23.9 Å². The van der Waals surface area contributed by atoms with Crippen LogP contribution >= 0.6 is 11.3 Å². The van der Waals surface area contributed by atoms with E-state index in [0.29, 0.717) is 19.0 Å². The molecule has 1 fully saturated rings. The number of thiophene rings is 1. The Kier molecular flexibility index (Phi) is 3.82. The molecule has 5 nitrogen and oxygen atoms in total. The fourth-order valence-electron chi connectivity index (χ4n) is 2.50. The zero-order valence-electron chi connectivity index (χ0n) is 12.5. The number of piperazine rings is 1. The molecular weight excluding hydrogens is 286 g/mol. The molecule has 1 aliphatic heterocycles. The summed E-state index contributed by atoms with van der Waals surface area (Å²) in [5, 5.41) is 4.92. The number of carbonyl (C=O) groups is 1. The second-order valence-electron chi connectivity index (χ2n) is 5.39. The second kappa shape index (κ2) is 5.61. The Bertz CT molecular complexity index is 662. The molecule has 1 atom stereocenters. The van der Waals surface area contributed by atoms with Crippen LogP contribution in [-0.4, -0.2) is 34.9 Å². The van der Waals surface area contributed by atoms with Crippen LogP contribution in [0.2, 0.25) is 0 Å². The smallest absolute Gasteiger partial charge is 0.237 e. The summed E-state index contributed by atoms with van der Waals surface area (Å²) in [5.41, 5.74) is 2.10. The topological polar surface area (TPSA) is 58.4 Å². The minimum absolute atomic E-state index is 0.0803. The van der Waals surface area contributed by atoms with Gasteiger partial charge in [0.05, 0.1) is 16.6 Å². The minimum Gasteiger partial charge on any atom is -0.440 e. The van der Waals surface area contributed by atoms with E-state index in [1.807, 2.05) is 19.2 Å². The van der Waals surface area contributed by atoms with Gasteiger partial charge in [0, 0.05) is 19.6 Å². The van der Waals surface area contributed by atoms with Crippen molar-refractivity contribution < 1.29 is 9.21 Å². The number of amides is 1. The van der Waals surface area contributed by atoms with Crippen molar-refractivity contribution in [1.29, 1.82) is 0 Å². The number of hydrogen-bond acceptors (Lipinski definition) is 5. The van der Waals surface area contributed by atoms with Gasteiger partial charge in [-0.2, -0.15) is 0 Å². The number of nitrogens with one attached hydrogen (secondary N) is 1. The molecule has 3 heterocycles. The first-order valence-electron chi connectivity index (χ1n) is 7.09. The summed E-state index contributed by atoms with van der Waals surface area (Å²) in [5.74, 6) is 1.59. The number of aryl methyl sites for hydroxylation is 2. The van der Waals surface area contributed by atoms with E-state index in [9.17, 15) is 4.79 Å². The van der Waals surface area contributed by atoms with Crippen LogP contribution in [0.5, 0.6) is 0 Å². The molecule has 1 saturated heterocycles. The van der Waals surface area contributed by atoms with Gasteiger partial charge in [-0.25, -0.2) is 4.98 Å². The lowest BCUT2D eigenvalue weighted by Gasteiger charge is -2.32. The highest BCUT2D eigenvalue weighted by Gasteiger charge is 2.27. The monoisotopic (exact) mass is 305 g/mol. The zero-order chi connectivity index (χ0) is 15.0. The van der Waals surface area contributed by atoms with Gasteiger partial charge in [-0.15, -0.1) is 11.3 Å². The van der Waals surface area contributed by atoms with Crippen LogP contribution in [0.25, 0.3) is 10.8 Å². The van der Waals surface area contributed by atoms with Crippen LogP contribution < -0.4 is 5.32 Å². The molecular formula is C15H19N3O2S. The maximum absolute atomic E-state index is 11.7. The van der Waals surface area contributed by atoms with Gasteiger partial charge in [-0.3, -0.25) is 9.69 Å². The number of aromatic nitrogens is 1. The fourth-order valence-corrected chi connectivity index (χ4v) is 3.35. The summed E-state index contributed by atoms with van der Waals surface area (Å²) < 4.78 is 5.82. The Morgan fingerprint density at radius 3 is 3.05 bits per heavy atom. The maximum Gasteiger partial charge on any atom is 0.237 e. The van der Waals surface area contributed by atoms with Gasteiger partial charge in [0.2, 0.25) is 11.8 Å². The highest BCUT2D eigenvalue weighted by molar-refractivity contribution is 7.13. The summed E-state index contributed by atoms with van der Waals surface area (Å²) in [7, 11) is 0. The van der Waals surface area contributed by atoms with Crippen LogP contribution in [-0.2, 0) is 11.3 Å². The maximum atomic E-state index is 11.7. The molecule has 0 spiro atoms. The second-order valence-corrected chi connectivity index (χ2v) is 6.31. The van der Waals surface area contributed by atoms with Crippen molar-refractivity contribution in [3.05, 3.63) is 28.5 Å². The number of oxazole rings is 1. The van der Waals surface area contributed by atoms with Crippen molar-refractivity contribution in [1.82, 2.24) is 15.2 Å². The van der Waals surface area contributed by atoms with Gasteiger partial charge in [0.25, 0.3) is 0 Å². The number of carbonyl (C=O) groups excluding carboxylic acids is 1. The Morgan fingerprint density at radius 1 is 1.52 bits per heavy atom. The summed E-state index contributed by atoms with van der Waals surface area (Å²) in [6.45, 7) is 8.09. The van der Waals surface area contributed by atoms with Crippen LogP contribution in [0.4, 0.5) is 0 Å². The fraction of sp³-hybridized carbons (Fsp3) is 0.467. The molecule has 1 amide bonds. The Morgan fingerprint density at radius 2 is 2.33 bits per heavy atom. The first kappa shape index (κ1) is 14.3. The number of hydrogen-bond donors (Lipinski definition) is 1. The number of nitrogens with zero attached hydrogens (tertiary/aromatic N) is 2. The lowest BCUT2D eigenvalue weighted by atomic mass is 10.2. The molecule has 0 radical (unpaired) electrons. The van der Waals surface area contributed by atoms with Gasteiger partial charge in [0.15, 0.2) is 0 Å². The quantitative estimate of drug-likeness (QED) is 0.945. The first-order chi connectivity index (χ1) is 10.1. The molecule has 3 rings (SSSR count). The zero-order valence-corrected chi connectivity index (χ0v) is 13.3. The largest absolute Gasteiger partial charge is 0.440 e. The molecule has 2 aromatic rings. The SMILES string of the molecule is Cc1ccsc1-c1nc(CN2CCNC(=O)[C@H]2C)c(C)o1. The van der Waals surface area contributed by atoms with Gasteiger partial charge < -0.3 is 9.73 Å². The van der Waals surface area contributed by atoms with E-state index in [0.717, 1.165) is 22.9 Å². The van der Waals surface area contributed by atoms with Gasteiger partial charge in [-0.05, 0) is 37.8 Å². The molecule has 1 N–H and O–H groups in total. The van der Waals surface area contributed by atoms with Gasteiger partial charge >= 0.3 is 0 Å². The van der Waals surface area contributed by atoms with E-state index >= 15 is 0 Å². The van der Waals surface area contributed by atoms with Crippen molar-refractivity contribution in [2.45, 2.75) is 33.4 Å². The third-order valence-corrected chi connectivity index (χ3v) is 4.93. The molecule has 112 valence electrons. The molecule has 2 aromatic heterocycles. The van der Waals surface area contributed by atoms with Crippen molar-refractivity contribution in [3.8, 4) is 10.8 Å². The number of rotatable bonds is 3. The summed E-state index contributed by atoms with van der Waals surface area (Å²) >= 11 is 1.64.